The molecular formula is C11H18ClNO2. The second-order valence-corrected chi connectivity index (χ2v) is 5.20. The van der Waals surface area contributed by atoms with Crippen LogP contribution in [0.3, 0.4) is 0 Å². The number of hydrogen-bond donors (Lipinski definition) is 1. The lowest BCUT2D eigenvalue weighted by molar-refractivity contribution is -0.130. The summed E-state index contributed by atoms with van der Waals surface area (Å²) in [5.74, 6) is 1.06. The number of alkyl halides is 1. The molecule has 1 aliphatic heterocycles. The van der Waals surface area contributed by atoms with Crippen LogP contribution in [-0.2, 0) is 4.79 Å². The topological polar surface area (TPSA) is 40.5 Å². The largest absolute Gasteiger partial charge is 0.396 e. The molecule has 0 aromatic heterocycles. The summed E-state index contributed by atoms with van der Waals surface area (Å²) in [5, 5.41) is 9.49. The summed E-state index contributed by atoms with van der Waals surface area (Å²) >= 11 is 5.57. The molecule has 1 heterocycles. The van der Waals surface area contributed by atoms with E-state index in [-0.39, 0.29) is 17.9 Å². The predicted octanol–water partition coefficient (Wildman–Crippen LogP) is 1.24. The summed E-state index contributed by atoms with van der Waals surface area (Å²) in [6.07, 6.45) is 3.85. The first-order valence-corrected chi connectivity index (χ1v) is 6.20. The van der Waals surface area contributed by atoms with Crippen LogP contribution in [-0.4, -0.2) is 41.5 Å². The van der Waals surface area contributed by atoms with Crippen molar-refractivity contribution in [3.8, 4) is 0 Å². The van der Waals surface area contributed by atoms with Gasteiger partial charge < -0.3 is 10.0 Å². The average Bonchev–Trinajstić information content (AvgIpc) is 2.73. The van der Waals surface area contributed by atoms with E-state index < -0.39 is 0 Å². The number of aliphatic hydroxyl groups is 1. The highest BCUT2D eigenvalue weighted by Crippen LogP contribution is 2.48. The maximum Gasteiger partial charge on any atom is 0.223 e. The molecule has 4 heteroatoms. The lowest BCUT2D eigenvalue weighted by atomic mass is 9.82. The van der Waals surface area contributed by atoms with Gasteiger partial charge in [0.15, 0.2) is 0 Å². The van der Waals surface area contributed by atoms with Crippen molar-refractivity contribution in [1.82, 2.24) is 4.90 Å². The number of carbonyl (C=O) groups is 1. The van der Waals surface area contributed by atoms with E-state index >= 15 is 0 Å². The lowest BCUT2D eigenvalue weighted by Crippen LogP contribution is -2.34. The molecule has 2 rings (SSSR count). The third-order valence-electron chi connectivity index (χ3n) is 4.02. The van der Waals surface area contributed by atoms with Gasteiger partial charge in [0.25, 0.3) is 0 Å². The molecule has 1 aliphatic carbocycles. The van der Waals surface area contributed by atoms with E-state index in [0.717, 1.165) is 25.9 Å². The fourth-order valence-electron chi connectivity index (χ4n) is 3.10. The van der Waals surface area contributed by atoms with Crippen molar-refractivity contribution >= 4 is 17.5 Å². The molecule has 0 unspecified atom stereocenters. The first-order valence-electron chi connectivity index (χ1n) is 5.66. The number of aliphatic hydroxyl groups excluding tert-OH is 1. The van der Waals surface area contributed by atoms with Crippen molar-refractivity contribution in [1.29, 1.82) is 0 Å². The van der Waals surface area contributed by atoms with Gasteiger partial charge in [0.1, 0.15) is 0 Å². The van der Waals surface area contributed by atoms with E-state index in [1.807, 2.05) is 4.90 Å². The molecule has 1 saturated carbocycles. The molecule has 15 heavy (non-hydrogen) atoms. The highest BCUT2D eigenvalue weighted by atomic mass is 35.5. The van der Waals surface area contributed by atoms with Crippen molar-refractivity contribution < 1.29 is 9.90 Å². The van der Waals surface area contributed by atoms with Gasteiger partial charge in [-0.2, -0.15) is 0 Å². The monoisotopic (exact) mass is 231 g/mol. The van der Waals surface area contributed by atoms with Crippen LogP contribution in [0.2, 0.25) is 0 Å². The average molecular weight is 232 g/mol. The molecule has 0 aromatic carbocycles. The lowest BCUT2D eigenvalue weighted by Gasteiger charge is -2.25. The Labute approximate surface area is 95.4 Å². The zero-order chi connectivity index (χ0) is 10.9. The molecule has 1 saturated heterocycles. The molecule has 0 aromatic rings. The van der Waals surface area contributed by atoms with Crippen molar-refractivity contribution in [2.45, 2.75) is 25.7 Å². The van der Waals surface area contributed by atoms with Crippen molar-refractivity contribution in [2.75, 3.05) is 25.6 Å². The van der Waals surface area contributed by atoms with Crippen molar-refractivity contribution in [2.24, 2.45) is 11.3 Å². The molecule has 2 fully saturated rings. The highest BCUT2D eigenvalue weighted by molar-refractivity contribution is 6.18. The van der Waals surface area contributed by atoms with Crippen molar-refractivity contribution in [3.63, 3.8) is 0 Å². The molecule has 3 nitrogen and oxygen atoms in total. The molecule has 1 N–H and O–H groups in total. The van der Waals surface area contributed by atoms with Crippen molar-refractivity contribution in [3.05, 3.63) is 0 Å². The van der Waals surface area contributed by atoms with E-state index in [4.69, 9.17) is 11.6 Å². The molecule has 0 bridgehead atoms. The maximum atomic E-state index is 11.7. The third kappa shape index (κ3) is 1.87. The number of hydrogen-bond acceptors (Lipinski definition) is 2. The van der Waals surface area contributed by atoms with Gasteiger partial charge in [-0.15, -0.1) is 11.6 Å². The normalized spacial score (nSPS) is 34.5. The van der Waals surface area contributed by atoms with Gasteiger partial charge in [0.2, 0.25) is 5.91 Å². The van der Waals surface area contributed by atoms with Gasteiger partial charge in [-0.3, -0.25) is 4.79 Å². The Morgan fingerprint density at radius 3 is 3.00 bits per heavy atom. The second kappa shape index (κ2) is 4.30. The zero-order valence-electron chi connectivity index (χ0n) is 8.91. The molecule has 86 valence electrons. The van der Waals surface area contributed by atoms with Gasteiger partial charge in [-0.05, 0) is 18.8 Å². The van der Waals surface area contributed by atoms with E-state index in [9.17, 15) is 9.90 Å². The second-order valence-electron chi connectivity index (χ2n) is 4.82. The summed E-state index contributed by atoms with van der Waals surface area (Å²) in [5.41, 5.74) is 0.0158. The minimum Gasteiger partial charge on any atom is -0.396 e. The zero-order valence-corrected chi connectivity index (χ0v) is 9.67. The summed E-state index contributed by atoms with van der Waals surface area (Å²) in [7, 11) is 0. The minimum atomic E-state index is 0.0158. The Hall–Kier alpha value is -0.280. The Balaban J connectivity index is 2.01. The Kier molecular flexibility index (Phi) is 3.21. The van der Waals surface area contributed by atoms with Gasteiger partial charge in [-0.25, -0.2) is 0 Å². The standard InChI is InChI=1S/C11H18ClNO2/c12-5-3-10(15)13-6-9-2-1-4-11(9,7-13)8-14/h9,14H,1-8H2/t9-,11-/m0/s1. The fraction of sp³-hybridized carbons (Fsp3) is 0.909. The van der Waals surface area contributed by atoms with Crippen LogP contribution in [0.1, 0.15) is 25.7 Å². The minimum absolute atomic E-state index is 0.0158. The quantitative estimate of drug-likeness (QED) is 0.743. The van der Waals surface area contributed by atoms with E-state index in [1.54, 1.807) is 0 Å². The molecular weight excluding hydrogens is 214 g/mol. The SMILES string of the molecule is O=C(CCCl)N1C[C@@H]2CCC[C@@]2(CO)C1. The molecule has 0 spiro atoms. The van der Waals surface area contributed by atoms with Crippen LogP contribution in [0.25, 0.3) is 0 Å². The first kappa shape index (κ1) is 11.2. The molecule has 2 atom stereocenters. The van der Waals surface area contributed by atoms with Gasteiger partial charge in [0.05, 0.1) is 6.61 Å². The summed E-state index contributed by atoms with van der Waals surface area (Å²) in [6.45, 7) is 1.79. The number of likely N-dealkylation sites (tertiary alicyclic amines) is 1. The Bertz CT molecular complexity index is 259. The number of nitrogens with zero attached hydrogens (tertiary/aromatic N) is 1. The highest BCUT2D eigenvalue weighted by Gasteiger charge is 2.49. The number of fused-ring (bicyclic) bond motifs is 1. The predicted molar refractivity (Wildman–Crippen MR) is 58.8 cm³/mol. The third-order valence-corrected chi connectivity index (χ3v) is 4.20. The molecule has 2 aliphatic rings. The van der Waals surface area contributed by atoms with E-state index in [1.165, 1.54) is 6.42 Å². The Morgan fingerprint density at radius 1 is 1.60 bits per heavy atom. The van der Waals surface area contributed by atoms with E-state index in [0.29, 0.717) is 18.2 Å². The maximum absolute atomic E-state index is 11.7. The number of carbonyl (C=O) groups excluding carboxylic acids is 1. The number of halogens is 1. The summed E-state index contributed by atoms with van der Waals surface area (Å²) in [4.78, 5) is 13.6. The molecule has 0 radical (unpaired) electrons. The van der Waals surface area contributed by atoms with Gasteiger partial charge in [-0.1, -0.05) is 6.42 Å². The van der Waals surface area contributed by atoms with Crippen LogP contribution in [0.15, 0.2) is 0 Å². The van der Waals surface area contributed by atoms with Crippen LogP contribution in [0, 0.1) is 11.3 Å². The smallest absolute Gasteiger partial charge is 0.223 e. The van der Waals surface area contributed by atoms with Crippen LogP contribution >= 0.6 is 11.6 Å². The summed E-state index contributed by atoms with van der Waals surface area (Å²) < 4.78 is 0. The number of rotatable bonds is 3. The van der Waals surface area contributed by atoms with Crippen LogP contribution in [0.5, 0.6) is 0 Å². The number of amides is 1. The van der Waals surface area contributed by atoms with Gasteiger partial charge in [0, 0.05) is 30.8 Å². The first-order chi connectivity index (χ1) is 7.22. The Morgan fingerprint density at radius 2 is 2.40 bits per heavy atom. The van der Waals surface area contributed by atoms with E-state index in [2.05, 4.69) is 0 Å². The van der Waals surface area contributed by atoms with Crippen LogP contribution in [0.4, 0.5) is 0 Å². The molecule has 1 amide bonds. The fourth-order valence-corrected chi connectivity index (χ4v) is 3.26. The summed E-state index contributed by atoms with van der Waals surface area (Å²) in [6, 6.07) is 0. The van der Waals surface area contributed by atoms with Gasteiger partial charge >= 0.3 is 0 Å². The van der Waals surface area contributed by atoms with Crippen LogP contribution < -0.4 is 0 Å².